The highest BCUT2D eigenvalue weighted by Crippen LogP contribution is 2.38. The van der Waals surface area contributed by atoms with E-state index in [0.29, 0.717) is 17.5 Å². The molecule has 0 atom stereocenters. The summed E-state index contributed by atoms with van der Waals surface area (Å²) in [5.41, 5.74) is 4.99. The largest absolute Gasteiger partial charge is 0.337 e. The number of allylic oxidation sites excluding steroid dienone is 8. The molecule has 0 saturated carbocycles. The number of para-hydroxylation sites is 1. The second-order valence-electron chi connectivity index (χ2n) is 8.99. The molecule has 0 amide bonds. The lowest BCUT2D eigenvalue weighted by Crippen LogP contribution is -2.17. The lowest BCUT2D eigenvalue weighted by Gasteiger charge is -2.26. The molecule has 0 bridgehead atoms. The minimum absolute atomic E-state index is 0.619. The van der Waals surface area contributed by atoms with E-state index in [1.54, 1.807) is 17.8 Å². The van der Waals surface area contributed by atoms with E-state index in [-0.39, 0.29) is 0 Å². The molecule has 4 aromatic rings. The van der Waals surface area contributed by atoms with Crippen LogP contribution < -0.4 is 4.90 Å². The maximum absolute atomic E-state index is 4.87. The van der Waals surface area contributed by atoms with Crippen LogP contribution in [-0.2, 0) is 0 Å². The monoisotopic (exact) mass is 538 g/mol. The second-order valence-corrected chi connectivity index (χ2v) is 10.2. The van der Waals surface area contributed by atoms with E-state index in [9.17, 15) is 0 Å². The van der Waals surface area contributed by atoms with Gasteiger partial charge in [-0.3, -0.25) is 0 Å². The number of hydrogen-bond acceptors (Lipinski definition) is 5. The number of anilines is 2. The normalized spacial score (nSPS) is 15.5. The van der Waals surface area contributed by atoms with Crippen LogP contribution in [0.4, 0.5) is 11.4 Å². The van der Waals surface area contributed by atoms with E-state index in [0.717, 1.165) is 44.4 Å². The van der Waals surface area contributed by atoms with Gasteiger partial charge in [-0.05, 0) is 49.4 Å². The van der Waals surface area contributed by atoms with E-state index in [1.165, 1.54) is 0 Å². The predicted molar refractivity (Wildman–Crippen MR) is 170 cm³/mol. The van der Waals surface area contributed by atoms with Crippen LogP contribution in [0.5, 0.6) is 0 Å². The van der Waals surface area contributed by atoms with Crippen LogP contribution >= 0.6 is 11.8 Å². The van der Waals surface area contributed by atoms with Crippen LogP contribution in [0.25, 0.3) is 28.3 Å². The quantitative estimate of drug-likeness (QED) is 0.229. The van der Waals surface area contributed by atoms with Crippen molar-refractivity contribution in [1.82, 2.24) is 15.0 Å². The molecule has 5 rings (SSSR count). The molecule has 0 fully saturated rings. The number of nitrogens with zero attached hydrogens (tertiary/aromatic N) is 4. The number of thioether (sulfide) groups is 1. The van der Waals surface area contributed by atoms with Crippen molar-refractivity contribution < 1.29 is 0 Å². The van der Waals surface area contributed by atoms with Gasteiger partial charge in [-0.25, -0.2) is 15.0 Å². The molecule has 0 radical (unpaired) electrons. The molecule has 0 unspecified atom stereocenters. The lowest BCUT2D eigenvalue weighted by molar-refractivity contribution is 1.03. The molecule has 0 spiro atoms. The first-order valence-electron chi connectivity index (χ1n) is 13.1. The van der Waals surface area contributed by atoms with E-state index in [2.05, 4.69) is 78.7 Å². The minimum atomic E-state index is 0.619. The summed E-state index contributed by atoms with van der Waals surface area (Å²) in [5, 5.41) is 0. The summed E-state index contributed by atoms with van der Waals surface area (Å²) in [6, 6.07) is 26.8. The Bertz CT molecular complexity index is 1630. The molecule has 4 nitrogen and oxygen atoms in total. The van der Waals surface area contributed by atoms with Gasteiger partial charge in [0.15, 0.2) is 17.5 Å². The van der Waals surface area contributed by atoms with E-state index in [4.69, 9.17) is 15.0 Å². The zero-order valence-corrected chi connectivity index (χ0v) is 23.3. The standard InChI is InChI=1S/C35H30N4S/c1-4-6-16-27(5-2)33-36-34(28-17-10-7-11-18-28)38-35(37-33)29-21-23-30(24-22-29)39-25-14-8-9-15-26(3)40-32-20-13-12-19-31(32)39/h4-24H,1,3,25H2,2H3/b14-8-,15-9-,16-6-,27-5+. The van der Waals surface area contributed by atoms with Crippen molar-refractivity contribution in [3.05, 3.63) is 151 Å². The maximum atomic E-state index is 4.87. The summed E-state index contributed by atoms with van der Waals surface area (Å²) in [6.07, 6.45) is 15.9. The molecule has 1 aromatic heterocycles. The van der Waals surface area contributed by atoms with Gasteiger partial charge in [-0.15, -0.1) is 0 Å². The van der Waals surface area contributed by atoms with Crippen LogP contribution in [-0.4, -0.2) is 21.5 Å². The molecule has 1 aliphatic heterocycles. The van der Waals surface area contributed by atoms with Crippen LogP contribution in [0.1, 0.15) is 12.7 Å². The van der Waals surface area contributed by atoms with Crippen molar-refractivity contribution in [2.75, 3.05) is 11.4 Å². The van der Waals surface area contributed by atoms with Crippen LogP contribution in [0.3, 0.4) is 0 Å². The van der Waals surface area contributed by atoms with Gasteiger partial charge in [0, 0.05) is 38.7 Å². The number of rotatable bonds is 6. The third-order valence-corrected chi connectivity index (χ3v) is 7.26. The van der Waals surface area contributed by atoms with Crippen LogP contribution in [0.2, 0.25) is 0 Å². The van der Waals surface area contributed by atoms with Crippen molar-refractivity contribution >= 4 is 28.7 Å². The van der Waals surface area contributed by atoms with Gasteiger partial charge in [0.05, 0.1) is 5.69 Å². The van der Waals surface area contributed by atoms with Crippen molar-refractivity contribution in [1.29, 1.82) is 0 Å². The van der Waals surface area contributed by atoms with Crippen molar-refractivity contribution in [3.63, 3.8) is 0 Å². The van der Waals surface area contributed by atoms with Crippen molar-refractivity contribution in [2.45, 2.75) is 11.8 Å². The first-order chi connectivity index (χ1) is 19.7. The van der Waals surface area contributed by atoms with E-state index in [1.807, 2.05) is 67.6 Å². The van der Waals surface area contributed by atoms with Gasteiger partial charge in [0.1, 0.15) is 0 Å². The summed E-state index contributed by atoms with van der Waals surface area (Å²) in [5.74, 6) is 1.88. The van der Waals surface area contributed by atoms with Gasteiger partial charge >= 0.3 is 0 Å². The number of fused-ring (bicyclic) bond motifs is 1. The summed E-state index contributed by atoms with van der Waals surface area (Å²) in [6.45, 7) is 10.7. The Labute approximate surface area is 240 Å². The van der Waals surface area contributed by atoms with E-state index < -0.39 is 0 Å². The van der Waals surface area contributed by atoms with Gasteiger partial charge in [-0.2, -0.15) is 0 Å². The van der Waals surface area contributed by atoms with Gasteiger partial charge in [-0.1, -0.05) is 110 Å². The van der Waals surface area contributed by atoms with E-state index >= 15 is 0 Å². The Hall–Kier alpha value is -4.74. The van der Waals surface area contributed by atoms with Crippen LogP contribution in [0.15, 0.2) is 150 Å². The molecule has 0 saturated heterocycles. The Morgan fingerprint density at radius 2 is 1.55 bits per heavy atom. The fourth-order valence-electron chi connectivity index (χ4n) is 4.30. The highest BCUT2D eigenvalue weighted by atomic mass is 32.2. The smallest absolute Gasteiger partial charge is 0.164 e. The Kier molecular flexibility index (Phi) is 8.64. The second kappa shape index (κ2) is 12.9. The highest BCUT2D eigenvalue weighted by Gasteiger charge is 2.16. The van der Waals surface area contributed by atoms with Gasteiger partial charge in [0.25, 0.3) is 0 Å². The average molecular weight is 539 g/mol. The summed E-state index contributed by atoms with van der Waals surface area (Å²) < 4.78 is 0. The summed E-state index contributed by atoms with van der Waals surface area (Å²) >= 11 is 1.68. The first-order valence-corrected chi connectivity index (χ1v) is 13.9. The summed E-state index contributed by atoms with van der Waals surface area (Å²) in [7, 11) is 0. The third kappa shape index (κ3) is 6.28. The molecule has 0 N–H and O–H groups in total. The molecule has 5 heteroatoms. The Morgan fingerprint density at radius 3 is 2.27 bits per heavy atom. The SMILES string of the molecule is C=C/C=C\C(=C/C)c1nc(-c2ccccc2)nc(-c2ccc(N3C/C=C\C=C/C(=C)Sc4ccccc43)cc2)n1. The van der Waals surface area contributed by atoms with Crippen molar-refractivity contribution in [3.8, 4) is 22.8 Å². The molecule has 0 aliphatic carbocycles. The zero-order valence-electron chi connectivity index (χ0n) is 22.4. The molecular formula is C35H30N4S. The number of benzene rings is 3. The highest BCUT2D eigenvalue weighted by molar-refractivity contribution is 8.03. The molecule has 40 heavy (non-hydrogen) atoms. The Morgan fingerprint density at radius 1 is 0.850 bits per heavy atom. The number of hydrogen-bond donors (Lipinski definition) is 0. The van der Waals surface area contributed by atoms with Gasteiger partial charge in [0.2, 0.25) is 0 Å². The average Bonchev–Trinajstić information content (AvgIpc) is 3.00. The van der Waals surface area contributed by atoms with Crippen molar-refractivity contribution in [2.24, 2.45) is 0 Å². The van der Waals surface area contributed by atoms with Crippen LogP contribution in [0, 0.1) is 0 Å². The molecule has 1 aliphatic rings. The fraction of sp³-hybridized carbons (Fsp3) is 0.0571. The lowest BCUT2D eigenvalue weighted by atomic mass is 10.1. The van der Waals surface area contributed by atoms with Gasteiger partial charge < -0.3 is 4.90 Å². The molecular weight excluding hydrogens is 508 g/mol. The topological polar surface area (TPSA) is 41.9 Å². The molecule has 3 aromatic carbocycles. The molecule has 2 heterocycles. The maximum Gasteiger partial charge on any atom is 0.164 e. The Balaban J connectivity index is 1.56. The third-order valence-electron chi connectivity index (χ3n) is 6.30. The first kappa shape index (κ1) is 26.9. The fourth-order valence-corrected chi connectivity index (χ4v) is 5.16. The molecule has 196 valence electrons. The zero-order chi connectivity index (χ0) is 27.7. The minimum Gasteiger partial charge on any atom is -0.337 e. The number of aromatic nitrogens is 3. The summed E-state index contributed by atoms with van der Waals surface area (Å²) in [4.78, 5) is 19.0. The predicted octanol–water partition coefficient (Wildman–Crippen LogP) is 9.22.